The van der Waals surface area contributed by atoms with E-state index in [1.165, 1.54) is 0 Å². The second-order valence-electron chi connectivity index (χ2n) is 1.63. The smallest absolute Gasteiger partial charge is 0.312 e. The van der Waals surface area contributed by atoms with Gasteiger partial charge in [0.25, 0.3) is 0 Å². The lowest BCUT2D eigenvalue weighted by molar-refractivity contribution is 0.249. The van der Waals surface area contributed by atoms with Gasteiger partial charge in [-0.3, -0.25) is 0 Å². The Morgan fingerprint density at radius 1 is 1.60 bits per heavy atom. The van der Waals surface area contributed by atoms with Crippen LogP contribution < -0.4 is 11.1 Å². The molecule has 0 fully saturated rings. The summed E-state index contributed by atoms with van der Waals surface area (Å²) >= 11 is 1.57. The monoisotopic (exact) mass is 164 g/mol. The maximum absolute atomic E-state index is 10.1. The number of amides is 2. The van der Waals surface area contributed by atoms with Crippen molar-refractivity contribution in [1.82, 2.24) is 5.32 Å². The molecule has 5 heteroatoms. The van der Waals surface area contributed by atoms with Gasteiger partial charge in [0.15, 0.2) is 0 Å². The van der Waals surface area contributed by atoms with Crippen LogP contribution in [0.15, 0.2) is 0 Å². The molecule has 2 amide bonds. The second-order valence-corrected chi connectivity index (χ2v) is 2.85. The van der Waals surface area contributed by atoms with Crippen LogP contribution in [-0.4, -0.2) is 35.8 Å². The Morgan fingerprint density at radius 2 is 2.30 bits per heavy atom. The van der Waals surface area contributed by atoms with Crippen LogP contribution in [0.2, 0.25) is 0 Å². The van der Waals surface area contributed by atoms with Gasteiger partial charge in [-0.15, -0.1) is 0 Å². The molecule has 4 N–H and O–H groups in total. The number of aliphatic hydroxyl groups is 1. The Bertz CT molecular complexity index is 99.6. The first-order valence-electron chi connectivity index (χ1n) is 2.99. The van der Waals surface area contributed by atoms with Crippen molar-refractivity contribution in [3.05, 3.63) is 0 Å². The number of nitrogens with one attached hydrogen (secondary N) is 1. The Labute approximate surface area is 64.2 Å². The first kappa shape index (κ1) is 9.58. The summed E-state index contributed by atoms with van der Waals surface area (Å²) in [4.78, 5) is 10.1. The van der Waals surface area contributed by atoms with Crippen LogP contribution in [0.25, 0.3) is 0 Å². The standard InChI is InChI=1S/C5H12N2O2S/c6-5(9)7-1-3-10-4-2-8/h8H,1-4H2,(H3,6,7,9). The molecule has 0 aliphatic heterocycles. The van der Waals surface area contributed by atoms with Crippen molar-refractivity contribution in [1.29, 1.82) is 0 Å². The number of hydrogen-bond donors (Lipinski definition) is 3. The summed E-state index contributed by atoms with van der Waals surface area (Å²) in [5.74, 6) is 1.50. The zero-order valence-electron chi connectivity index (χ0n) is 5.67. The van der Waals surface area contributed by atoms with Crippen LogP contribution in [0.4, 0.5) is 4.79 Å². The molecule has 0 bridgehead atoms. The Hall–Kier alpha value is -0.420. The highest BCUT2D eigenvalue weighted by Gasteiger charge is 1.90. The van der Waals surface area contributed by atoms with Crippen LogP contribution in [0.1, 0.15) is 0 Å². The summed E-state index contributed by atoms with van der Waals surface area (Å²) < 4.78 is 0. The summed E-state index contributed by atoms with van der Waals surface area (Å²) in [6.45, 7) is 0.751. The average molecular weight is 164 g/mol. The highest BCUT2D eigenvalue weighted by Crippen LogP contribution is 1.94. The quantitative estimate of drug-likeness (QED) is 0.474. The number of urea groups is 1. The molecule has 4 nitrogen and oxygen atoms in total. The lowest BCUT2D eigenvalue weighted by Crippen LogP contribution is -2.31. The topological polar surface area (TPSA) is 75.4 Å². The van der Waals surface area contributed by atoms with Gasteiger partial charge in [0, 0.05) is 18.1 Å². The van der Waals surface area contributed by atoms with E-state index in [0.717, 1.165) is 5.75 Å². The van der Waals surface area contributed by atoms with E-state index in [4.69, 9.17) is 10.8 Å². The molecule has 0 aromatic heterocycles. The summed E-state index contributed by atoms with van der Waals surface area (Å²) in [6, 6.07) is -0.496. The molecule has 10 heavy (non-hydrogen) atoms. The fraction of sp³-hybridized carbons (Fsp3) is 0.800. The maximum atomic E-state index is 10.1. The Balaban J connectivity index is 2.84. The minimum absolute atomic E-state index is 0.182. The van der Waals surface area contributed by atoms with Crippen molar-refractivity contribution in [2.45, 2.75) is 0 Å². The van der Waals surface area contributed by atoms with E-state index in [9.17, 15) is 4.79 Å². The zero-order chi connectivity index (χ0) is 7.82. The number of thioether (sulfide) groups is 1. The number of carbonyl (C=O) groups excluding carboxylic acids is 1. The van der Waals surface area contributed by atoms with Gasteiger partial charge in [-0.25, -0.2) is 4.79 Å². The molecule has 0 saturated carbocycles. The van der Waals surface area contributed by atoms with Gasteiger partial charge in [-0.05, 0) is 0 Å². The number of hydrogen-bond acceptors (Lipinski definition) is 3. The van der Waals surface area contributed by atoms with Crippen LogP contribution in [-0.2, 0) is 0 Å². The van der Waals surface area contributed by atoms with Gasteiger partial charge in [-0.2, -0.15) is 11.8 Å². The Kier molecular flexibility index (Phi) is 6.42. The van der Waals surface area contributed by atoms with E-state index >= 15 is 0 Å². The van der Waals surface area contributed by atoms with Crippen LogP contribution in [0.5, 0.6) is 0 Å². The van der Waals surface area contributed by atoms with E-state index in [0.29, 0.717) is 12.3 Å². The summed E-state index contributed by atoms with van der Waals surface area (Å²) in [5.41, 5.74) is 4.80. The third kappa shape index (κ3) is 7.58. The highest BCUT2D eigenvalue weighted by molar-refractivity contribution is 7.99. The first-order chi connectivity index (χ1) is 4.77. The average Bonchev–Trinajstić information content (AvgIpc) is 1.87. The molecule has 0 spiro atoms. The number of nitrogens with two attached hydrogens (primary N) is 1. The van der Waals surface area contributed by atoms with Crippen LogP contribution in [0.3, 0.4) is 0 Å². The fourth-order valence-corrected chi connectivity index (χ4v) is 0.993. The molecular formula is C5H12N2O2S. The van der Waals surface area contributed by atoms with E-state index in [1.807, 2.05) is 0 Å². The predicted octanol–water partition coefficient (Wildman–Crippen LogP) is -0.620. The molecule has 0 atom stereocenters. The van der Waals surface area contributed by atoms with Crippen molar-refractivity contribution in [2.75, 3.05) is 24.7 Å². The van der Waals surface area contributed by atoms with Crippen LogP contribution >= 0.6 is 11.8 Å². The SMILES string of the molecule is NC(=O)NCCSCCO. The zero-order valence-corrected chi connectivity index (χ0v) is 6.49. The lowest BCUT2D eigenvalue weighted by atomic mass is 10.7. The van der Waals surface area contributed by atoms with E-state index < -0.39 is 6.03 Å². The molecular weight excluding hydrogens is 152 g/mol. The minimum Gasteiger partial charge on any atom is -0.396 e. The normalized spacial score (nSPS) is 9.30. The number of carbonyl (C=O) groups is 1. The van der Waals surface area contributed by atoms with Crippen molar-refractivity contribution >= 4 is 17.8 Å². The third-order valence-corrected chi connectivity index (χ3v) is 1.75. The van der Waals surface area contributed by atoms with E-state index in [-0.39, 0.29) is 6.61 Å². The third-order valence-electron chi connectivity index (χ3n) is 0.781. The Morgan fingerprint density at radius 3 is 2.80 bits per heavy atom. The summed E-state index contributed by atoms with van der Waals surface area (Å²) in [6.07, 6.45) is 0. The van der Waals surface area contributed by atoms with Gasteiger partial charge in [0.2, 0.25) is 0 Å². The molecule has 0 saturated heterocycles. The molecule has 0 radical (unpaired) electrons. The molecule has 0 aliphatic carbocycles. The van der Waals surface area contributed by atoms with Gasteiger partial charge in [0.1, 0.15) is 0 Å². The minimum atomic E-state index is -0.496. The van der Waals surface area contributed by atoms with Crippen molar-refractivity contribution in [2.24, 2.45) is 5.73 Å². The summed E-state index contributed by atoms with van der Waals surface area (Å²) in [5, 5.41) is 10.8. The number of rotatable bonds is 5. The van der Waals surface area contributed by atoms with Crippen molar-refractivity contribution in [3.63, 3.8) is 0 Å². The first-order valence-corrected chi connectivity index (χ1v) is 4.14. The second kappa shape index (κ2) is 6.70. The predicted molar refractivity (Wildman–Crippen MR) is 42.0 cm³/mol. The van der Waals surface area contributed by atoms with E-state index in [1.54, 1.807) is 11.8 Å². The van der Waals surface area contributed by atoms with Crippen molar-refractivity contribution in [3.8, 4) is 0 Å². The van der Waals surface area contributed by atoms with Crippen molar-refractivity contribution < 1.29 is 9.90 Å². The molecule has 0 aromatic carbocycles. The van der Waals surface area contributed by atoms with E-state index in [2.05, 4.69) is 5.32 Å². The van der Waals surface area contributed by atoms with Gasteiger partial charge < -0.3 is 16.2 Å². The van der Waals surface area contributed by atoms with Crippen LogP contribution in [0, 0.1) is 0 Å². The number of primary amides is 1. The lowest BCUT2D eigenvalue weighted by Gasteiger charge is -1.99. The molecule has 0 rings (SSSR count). The fourth-order valence-electron chi connectivity index (χ4n) is 0.413. The molecule has 0 aromatic rings. The molecule has 0 unspecified atom stereocenters. The van der Waals surface area contributed by atoms with Gasteiger partial charge >= 0.3 is 6.03 Å². The largest absolute Gasteiger partial charge is 0.396 e. The summed E-state index contributed by atoms with van der Waals surface area (Å²) in [7, 11) is 0. The molecule has 0 aliphatic rings. The highest BCUT2D eigenvalue weighted by atomic mass is 32.2. The van der Waals surface area contributed by atoms with Gasteiger partial charge in [-0.1, -0.05) is 0 Å². The van der Waals surface area contributed by atoms with Gasteiger partial charge in [0.05, 0.1) is 6.61 Å². The molecule has 0 heterocycles. The number of aliphatic hydroxyl groups excluding tert-OH is 1. The maximum Gasteiger partial charge on any atom is 0.312 e. The molecule has 60 valence electrons.